The lowest BCUT2D eigenvalue weighted by Crippen LogP contribution is -2.14. The summed E-state index contributed by atoms with van der Waals surface area (Å²) in [4.78, 5) is 15.7. The van der Waals surface area contributed by atoms with E-state index in [-0.39, 0.29) is 12.3 Å². The molecular formula is C10H14ClN3O. The molecule has 0 fully saturated rings. The second kappa shape index (κ2) is 4.33. The van der Waals surface area contributed by atoms with E-state index in [1.54, 1.807) is 0 Å². The van der Waals surface area contributed by atoms with Gasteiger partial charge in [-0.3, -0.25) is 4.79 Å². The maximum Gasteiger partial charge on any atom is 0.197 e. The molecule has 5 heteroatoms. The number of fused-ring (bicyclic) bond motifs is 1. The number of aromatic nitrogens is 2. The molecule has 0 amide bonds. The van der Waals surface area contributed by atoms with Crippen molar-refractivity contribution in [2.45, 2.75) is 32.2 Å². The van der Waals surface area contributed by atoms with E-state index in [1.165, 1.54) is 6.42 Å². The third-order valence-electron chi connectivity index (χ3n) is 2.72. The van der Waals surface area contributed by atoms with Crippen LogP contribution in [0.25, 0.3) is 0 Å². The van der Waals surface area contributed by atoms with Gasteiger partial charge in [-0.25, -0.2) is 4.98 Å². The summed E-state index contributed by atoms with van der Waals surface area (Å²) < 4.78 is 1.94. The standard InChI is InChI=1S/C10H14ClN3O/c11-10-9(7(15)6-12)13-8-4-2-1-3-5-14(8)10/h1-6,12H2. The van der Waals surface area contributed by atoms with Crippen LogP contribution in [0.5, 0.6) is 0 Å². The van der Waals surface area contributed by atoms with Crippen molar-refractivity contribution in [3.63, 3.8) is 0 Å². The lowest BCUT2D eigenvalue weighted by molar-refractivity contribution is 0.0997. The number of nitrogens with zero attached hydrogens (tertiary/aromatic N) is 2. The summed E-state index contributed by atoms with van der Waals surface area (Å²) in [7, 11) is 0. The van der Waals surface area contributed by atoms with E-state index < -0.39 is 0 Å². The van der Waals surface area contributed by atoms with Gasteiger partial charge in [0.05, 0.1) is 6.54 Å². The number of nitrogens with two attached hydrogens (primary N) is 1. The number of Topliss-reactive ketones (excluding diaryl/α,β-unsaturated/α-hetero) is 1. The summed E-state index contributed by atoms with van der Waals surface area (Å²) in [5.74, 6) is 0.745. The smallest absolute Gasteiger partial charge is 0.197 e. The van der Waals surface area contributed by atoms with Crippen LogP contribution in [0.4, 0.5) is 0 Å². The van der Waals surface area contributed by atoms with Gasteiger partial charge in [-0.15, -0.1) is 0 Å². The zero-order valence-electron chi connectivity index (χ0n) is 8.50. The molecule has 0 unspecified atom stereocenters. The largest absolute Gasteiger partial charge is 0.324 e. The van der Waals surface area contributed by atoms with E-state index >= 15 is 0 Å². The third kappa shape index (κ3) is 1.92. The van der Waals surface area contributed by atoms with Crippen LogP contribution in [-0.4, -0.2) is 21.9 Å². The minimum absolute atomic E-state index is 0.0316. The van der Waals surface area contributed by atoms with Crippen LogP contribution in [0.3, 0.4) is 0 Å². The zero-order valence-corrected chi connectivity index (χ0v) is 9.26. The molecule has 0 bridgehead atoms. The topological polar surface area (TPSA) is 60.9 Å². The van der Waals surface area contributed by atoms with Gasteiger partial charge in [0, 0.05) is 13.0 Å². The zero-order chi connectivity index (χ0) is 10.8. The van der Waals surface area contributed by atoms with Crippen molar-refractivity contribution in [3.05, 3.63) is 16.7 Å². The minimum Gasteiger partial charge on any atom is -0.324 e. The monoisotopic (exact) mass is 227 g/mol. The van der Waals surface area contributed by atoms with Crippen LogP contribution < -0.4 is 5.73 Å². The molecule has 0 radical (unpaired) electrons. The highest BCUT2D eigenvalue weighted by Crippen LogP contribution is 2.23. The summed E-state index contributed by atoms with van der Waals surface area (Å²) in [5.41, 5.74) is 5.65. The van der Waals surface area contributed by atoms with E-state index in [2.05, 4.69) is 4.98 Å². The number of carbonyl (C=O) groups is 1. The predicted molar refractivity (Wildman–Crippen MR) is 58.2 cm³/mol. The molecule has 0 aliphatic carbocycles. The van der Waals surface area contributed by atoms with Gasteiger partial charge in [-0.1, -0.05) is 18.0 Å². The van der Waals surface area contributed by atoms with Gasteiger partial charge in [-0.05, 0) is 12.8 Å². The molecule has 1 aliphatic heterocycles. The molecule has 15 heavy (non-hydrogen) atoms. The van der Waals surface area contributed by atoms with Crippen LogP contribution >= 0.6 is 11.6 Å². The summed E-state index contributed by atoms with van der Waals surface area (Å²) in [6.45, 7) is 0.829. The van der Waals surface area contributed by atoms with Crippen molar-refractivity contribution in [1.29, 1.82) is 0 Å². The van der Waals surface area contributed by atoms with E-state index in [9.17, 15) is 4.79 Å². The average molecular weight is 228 g/mol. The first-order valence-electron chi connectivity index (χ1n) is 5.22. The number of hydrogen-bond donors (Lipinski definition) is 1. The Morgan fingerprint density at radius 3 is 3.00 bits per heavy atom. The quantitative estimate of drug-likeness (QED) is 0.777. The lowest BCUT2D eigenvalue weighted by atomic mass is 10.2. The van der Waals surface area contributed by atoms with E-state index in [1.807, 2.05) is 4.57 Å². The minimum atomic E-state index is -0.180. The molecule has 0 saturated carbocycles. The average Bonchev–Trinajstić information content (AvgIpc) is 2.44. The van der Waals surface area contributed by atoms with Crippen molar-refractivity contribution in [3.8, 4) is 0 Å². The van der Waals surface area contributed by atoms with Gasteiger partial charge in [0.1, 0.15) is 16.7 Å². The number of aryl methyl sites for hydroxylation is 1. The highest BCUT2D eigenvalue weighted by molar-refractivity contribution is 6.32. The molecule has 82 valence electrons. The molecule has 4 nitrogen and oxygen atoms in total. The summed E-state index contributed by atoms with van der Waals surface area (Å²) in [6, 6.07) is 0. The van der Waals surface area contributed by atoms with Crippen molar-refractivity contribution >= 4 is 17.4 Å². The van der Waals surface area contributed by atoms with Crippen LogP contribution in [0.15, 0.2) is 0 Å². The maximum absolute atomic E-state index is 11.5. The number of carbonyl (C=O) groups excluding carboxylic acids is 1. The van der Waals surface area contributed by atoms with Crippen LogP contribution in [-0.2, 0) is 13.0 Å². The summed E-state index contributed by atoms with van der Waals surface area (Å²) >= 11 is 6.11. The van der Waals surface area contributed by atoms with E-state index in [0.717, 1.165) is 31.6 Å². The fraction of sp³-hybridized carbons (Fsp3) is 0.600. The third-order valence-corrected chi connectivity index (χ3v) is 3.10. The van der Waals surface area contributed by atoms with E-state index in [4.69, 9.17) is 17.3 Å². The lowest BCUT2D eigenvalue weighted by Gasteiger charge is -2.02. The molecule has 2 heterocycles. The second-order valence-corrected chi connectivity index (χ2v) is 4.12. The van der Waals surface area contributed by atoms with Gasteiger partial charge in [-0.2, -0.15) is 0 Å². The van der Waals surface area contributed by atoms with Crippen molar-refractivity contribution < 1.29 is 4.79 Å². The SMILES string of the molecule is NCC(=O)c1nc2n(c1Cl)CCCCC2. The fourth-order valence-electron chi connectivity index (χ4n) is 1.90. The van der Waals surface area contributed by atoms with Crippen molar-refractivity contribution in [2.75, 3.05) is 6.54 Å². The first-order valence-corrected chi connectivity index (χ1v) is 5.60. The Hall–Kier alpha value is -0.870. The molecular weight excluding hydrogens is 214 g/mol. The van der Waals surface area contributed by atoms with Crippen molar-refractivity contribution in [2.24, 2.45) is 5.73 Å². The Bertz CT molecular complexity index is 386. The Balaban J connectivity index is 2.40. The molecule has 1 aliphatic rings. The molecule has 0 atom stereocenters. The van der Waals surface area contributed by atoms with Crippen LogP contribution in [0, 0.1) is 0 Å². The molecule has 1 aromatic rings. The first kappa shape index (κ1) is 10.6. The van der Waals surface area contributed by atoms with Gasteiger partial charge >= 0.3 is 0 Å². The number of imidazole rings is 1. The Morgan fingerprint density at radius 1 is 1.47 bits per heavy atom. The number of ketones is 1. The van der Waals surface area contributed by atoms with Gasteiger partial charge < -0.3 is 10.3 Å². The van der Waals surface area contributed by atoms with Gasteiger partial charge in [0.25, 0.3) is 0 Å². The summed E-state index contributed by atoms with van der Waals surface area (Å²) in [5, 5.41) is 0.461. The fourth-order valence-corrected chi connectivity index (χ4v) is 2.23. The molecule has 0 aromatic carbocycles. The molecule has 2 rings (SSSR count). The Labute approximate surface area is 93.4 Å². The highest BCUT2D eigenvalue weighted by Gasteiger charge is 2.20. The Kier molecular flexibility index (Phi) is 3.07. The first-order chi connectivity index (χ1) is 7.24. The molecule has 0 spiro atoms. The normalized spacial score (nSPS) is 15.9. The van der Waals surface area contributed by atoms with Gasteiger partial charge in [0.15, 0.2) is 5.78 Å². The van der Waals surface area contributed by atoms with Crippen LogP contribution in [0.1, 0.15) is 35.6 Å². The number of hydrogen-bond acceptors (Lipinski definition) is 3. The molecule has 0 saturated heterocycles. The second-order valence-electron chi connectivity index (χ2n) is 3.76. The van der Waals surface area contributed by atoms with E-state index in [0.29, 0.717) is 10.8 Å². The molecule has 2 N–H and O–H groups in total. The number of rotatable bonds is 2. The van der Waals surface area contributed by atoms with Crippen molar-refractivity contribution in [1.82, 2.24) is 9.55 Å². The summed E-state index contributed by atoms with van der Waals surface area (Å²) in [6.07, 6.45) is 4.31. The maximum atomic E-state index is 11.5. The van der Waals surface area contributed by atoms with Gasteiger partial charge in [0.2, 0.25) is 0 Å². The van der Waals surface area contributed by atoms with Crippen LogP contribution in [0.2, 0.25) is 5.15 Å². The number of halogens is 1. The Morgan fingerprint density at radius 2 is 2.27 bits per heavy atom. The predicted octanol–water partition coefficient (Wildman–Crippen LogP) is 1.40. The molecule has 1 aromatic heterocycles. The highest BCUT2D eigenvalue weighted by atomic mass is 35.5.